The monoisotopic (exact) mass is 258 g/mol. The van der Waals surface area contributed by atoms with E-state index in [0.29, 0.717) is 0 Å². The topological polar surface area (TPSA) is 41.9 Å². The Balaban J connectivity index is 1.42. The summed E-state index contributed by atoms with van der Waals surface area (Å²) in [6.45, 7) is 3.18. The fourth-order valence-corrected chi connectivity index (χ4v) is 2.35. The van der Waals surface area contributed by atoms with Crippen LogP contribution in [0, 0.1) is 0 Å². The first-order valence-electron chi connectivity index (χ1n) is 7.17. The molecule has 0 unspecified atom stereocenters. The minimum absolute atomic E-state index is 0.813. The molecule has 0 amide bonds. The van der Waals surface area contributed by atoms with Gasteiger partial charge in [0.1, 0.15) is 0 Å². The second-order valence-corrected chi connectivity index (χ2v) is 5.41. The summed E-state index contributed by atoms with van der Waals surface area (Å²) in [5, 5.41) is 6.99. The molecule has 0 bridgehead atoms. The first kappa shape index (κ1) is 12.6. The molecule has 1 saturated carbocycles. The van der Waals surface area contributed by atoms with Crippen molar-refractivity contribution >= 4 is 11.0 Å². The molecule has 0 aliphatic heterocycles. The van der Waals surface area contributed by atoms with Crippen molar-refractivity contribution in [2.75, 3.05) is 19.6 Å². The smallest absolute Gasteiger partial charge is 0.0955 e. The third kappa shape index (κ3) is 3.33. The minimum Gasteiger partial charge on any atom is -0.334 e. The average Bonchev–Trinajstić information content (AvgIpc) is 3.18. The van der Waals surface area contributed by atoms with Gasteiger partial charge in [-0.2, -0.15) is 0 Å². The van der Waals surface area contributed by atoms with Crippen molar-refractivity contribution in [2.45, 2.75) is 25.3 Å². The maximum absolute atomic E-state index is 4.40. The first-order valence-corrected chi connectivity index (χ1v) is 7.17. The van der Waals surface area contributed by atoms with Crippen LogP contribution in [0.2, 0.25) is 0 Å². The van der Waals surface area contributed by atoms with Gasteiger partial charge in [-0.3, -0.25) is 0 Å². The molecule has 3 rings (SSSR count). The van der Waals surface area contributed by atoms with Gasteiger partial charge in [-0.1, -0.05) is 6.07 Å². The van der Waals surface area contributed by atoms with Crippen molar-refractivity contribution in [2.24, 2.45) is 7.05 Å². The van der Waals surface area contributed by atoms with Gasteiger partial charge >= 0.3 is 0 Å². The van der Waals surface area contributed by atoms with Gasteiger partial charge in [0.2, 0.25) is 0 Å². The highest BCUT2D eigenvalue weighted by molar-refractivity contribution is 5.75. The lowest BCUT2D eigenvalue weighted by atomic mass is 10.1. The van der Waals surface area contributed by atoms with E-state index >= 15 is 0 Å². The first-order chi connectivity index (χ1) is 9.33. The molecule has 1 aromatic carbocycles. The van der Waals surface area contributed by atoms with Gasteiger partial charge in [-0.15, -0.1) is 0 Å². The Morgan fingerprint density at radius 2 is 2.16 bits per heavy atom. The van der Waals surface area contributed by atoms with E-state index in [2.05, 4.69) is 38.4 Å². The fourth-order valence-electron chi connectivity index (χ4n) is 2.35. The van der Waals surface area contributed by atoms with Gasteiger partial charge in [0, 0.05) is 26.2 Å². The summed E-state index contributed by atoms with van der Waals surface area (Å²) in [6.07, 6.45) is 5.67. The van der Waals surface area contributed by atoms with Crippen molar-refractivity contribution < 1.29 is 0 Å². The second kappa shape index (κ2) is 5.72. The summed E-state index contributed by atoms with van der Waals surface area (Å²) in [6, 6.07) is 7.37. The van der Waals surface area contributed by atoms with Gasteiger partial charge in [0.15, 0.2) is 0 Å². The van der Waals surface area contributed by atoms with E-state index in [1.807, 2.05) is 13.4 Å². The van der Waals surface area contributed by atoms with Crippen LogP contribution < -0.4 is 10.6 Å². The summed E-state index contributed by atoms with van der Waals surface area (Å²) >= 11 is 0. The maximum atomic E-state index is 4.40. The van der Waals surface area contributed by atoms with Crippen LogP contribution in [0.15, 0.2) is 24.5 Å². The number of aryl methyl sites for hydroxylation is 1. The quantitative estimate of drug-likeness (QED) is 0.739. The number of nitrogens with one attached hydrogen (secondary N) is 2. The molecule has 1 fully saturated rings. The van der Waals surface area contributed by atoms with Crippen LogP contribution in [0.5, 0.6) is 0 Å². The van der Waals surface area contributed by atoms with Crippen LogP contribution in [0.25, 0.3) is 11.0 Å². The highest BCUT2D eigenvalue weighted by Gasteiger charge is 2.19. The van der Waals surface area contributed by atoms with Crippen molar-refractivity contribution in [1.29, 1.82) is 0 Å². The van der Waals surface area contributed by atoms with E-state index < -0.39 is 0 Å². The zero-order valence-corrected chi connectivity index (χ0v) is 11.5. The van der Waals surface area contributed by atoms with Gasteiger partial charge in [0.05, 0.1) is 17.4 Å². The lowest BCUT2D eigenvalue weighted by molar-refractivity contribution is 0.609. The summed E-state index contributed by atoms with van der Waals surface area (Å²) in [7, 11) is 2.03. The zero-order valence-electron chi connectivity index (χ0n) is 11.5. The Morgan fingerprint density at radius 1 is 1.26 bits per heavy atom. The number of imidazole rings is 1. The molecular formula is C15H22N4. The average molecular weight is 258 g/mol. The normalized spacial score (nSPS) is 15.2. The molecule has 1 aliphatic carbocycles. The molecule has 1 aliphatic rings. The minimum atomic E-state index is 0.813. The van der Waals surface area contributed by atoms with Gasteiger partial charge in [-0.25, -0.2) is 4.98 Å². The number of aromatic nitrogens is 2. The molecule has 0 radical (unpaired) electrons. The number of rotatable bonds is 7. The molecule has 102 valence electrons. The van der Waals surface area contributed by atoms with E-state index in [9.17, 15) is 0 Å². The molecule has 19 heavy (non-hydrogen) atoms. The molecule has 4 heteroatoms. The molecule has 2 aromatic rings. The van der Waals surface area contributed by atoms with Crippen molar-refractivity contribution in [3.05, 3.63) is 30.1 Å². The summed E-state index contributed by atoms with van der Waals surface area (Å²) < 4.78 is 2.06. The standard InChI is InChI=1S/C15H22N4/c1-19-11-18-14-10-12(2-5-15(14)19)6-7-16-8-9-17-13-3-4-13/h2,5,10-11,13,16-17H,3-4,6-9H2,1H3. The summed E-state index contributed by atoms with van der Waals surface area (Å²) in [4.78, 5) is 4.40. The van der Waals surface area contributed by atoms with E-state index in [4.69, 9.17) is 0 Å². The summed E-state index contributed by atoms with van der Waals surface area (Å²) in [5.41, 5.74) is 3.65. The van der Waals surface area contributed by atoms with Gasteiger partial charge in [-0.05, 0) is 43.5 Å². The maximum Gasteiger partial charge on any atom is 0.0955 e. The molecule has 0 saturated heterocycles. The molecular weight excluding hydrogens is 236 g/mol. The van der Waals surface area contributed by atoms with Crippen molar-refractivity contribution in [3.8, 4) is 0 Å². The number of hydrogen-bond donors (Lipinski definition) is 2. The Kier molecular flexibility index (Phi) is 3.80. The number of fused-ring (bicyclic) bond motifs is 1. The fraction of sp³-hybridized carbons (Fsp3) is 0.533. The van der Waals surface area contributed by atoms with Gasteiger partial charge in [0.25, 0.3) is 0 Å². The van der Waals surface area contributed by atoms with Gasteiger partial charge < -0.3 is 15.2 Å². The Labute approximate surface area is 114 Å². The number of nitrogens with zero attached hydrogens (tertiary/aromatic N) is 2. The van der Waals surface area contributed by atoms with E-state index in [1.54, 1.807) is 0 Å². The molecule has 1 heterocycles. The van der Waals surface area contributed by atoms with Crippen molar-refractivity contribution in [3.63, 3.8) is 0 Å². The highest BCUT2D eigenvalue weighted by atomic mass is 15.0. The largest absolute Gasteiger partial charge is 0.334 e. The second-order valence-electron chi connectivity index (χ2n) is 5.41. The molecule has 2 N–H and O–H groups in total. The Bertz CT molecular complexity index is 542. The van der Waals surface area contributed by atoms with E-state index in [-0.39, 0.29) is 0 Å². The third-order valence-corrected chi connectivity index (χ3v) is 3.69. The Hall–Kier alpha value is -1.39. The predicted octanol–water partition coefficient (Wildman–Crippen LogP) is 1.46. The molecule has 0 spiro atoms. The molecule has 1 aromatic heterocycles. The molecule has 4 nitrogen and oxygen atoms in total. The SMILES string of the molecule is Cn1cnc2cc(CCNCCNC3CC3)ccc21. The van der Waals surface area contributed by atoms with Crippen LogP contribution in [0.1, 0.15) is 18.4 Å². The van der Waals surface area contributed by atoms with Crippen LogP contribution in [-0.4, -0.2) is 35.2 Å². The van der Waals surface area contributed by atoms with Crippen LogP contribution >= 0.6 is 0 Å². The Morgan fingerprint density at radius 3 is 3.00 bits per heavy atom. The third-order valence-electron chi connectivity index (χ3n) is 3.69. The summed E-state index contributed by atoms with van der Waals surface area (Å²) in [5.74, 6) is 0. The van der Waals surface area contributed by atoms with E-state index in [1.165, 1.54) is 23.9 Å². The predicted molar refractivity (Wildman–Crippen MR) is 78.3 cm³/mol. The molecule has 0 atom stereocenters. The van der Waals surface area contributed by atoms with E-state index in [0.717, 1.165) is 37.6 Å². The van der Waals surface area contributed by atoms with Crippen LogP contribution in [0.4, 0.5) is 0 Å². The van der Waals surface area contributed by atoms with Crippen molar-refractivity contribution in [1.82, 2.24) is 20.2 Å². The zero-order chi connectivity index (χ0) is 13.1. The lowest BCUT2D eigenvalue weighted by Gasteiger charge is -2.06. The lowest BCUT2D eigenvalue weighted by Crippen LogP contribution is -2.29. The highest BCUT2D eigenvalue weighted by Crippen LogP contribution is 2.17. The van der Waals surface area contributed by atoms with Crippen LogP contribution in [-0.2, 0) is 13.5 Å². The van der Waals surface area contributed by atoms with Crippen LogP contribution in [0.3, 0.4) is 0 Å². The number of hydrogen-bond acceptors (Lipinski definition) is 3. The number of benzene rings is 1.